The summed E-state index contributed by atoms with van der Waals surface area (Å²) in [5.74, 6) is 0. The lowest BCUT2D eigenvalue weighted by Crippen LogP contribution is -1.91. The monoisotopic (exact) mass is 268 g/mol. The van der Waals surface area contributed by atoms with Crippen molar-refractivity contribution in [2.45, 2.75) is 6.54 Å². The second-order valence-electron chi connectivity index (χ2n) is 2.89. The van der Waals surface area contributed by atoms with Gasteiger partial charge in [-0.2, -0.15) is 4.37 Å². The van der Waals surface area contributed by atoms with Gasteiger partial charge in [-0.3, -0.25) is 0 Å². The minimum atomic E-state index is 0.561. The van der Waals surface area contributed by atoms with E-state index < -0.39 is 0 Å². The molecule has 0 aliphatic rings. The van der Waals surface area contributed by atoms with Crippen LogP contribution in [0.1, 0.15) is 4.88 Å². The van der Waals surface area contributed by atoms with Crippen LogP contribution in [0, 0.1) is 0 Å². The Bertz CT molecular complexity index is 439. The minimum Gasteiger partial charge on any atom is -0.326 e. The fourth-order valence-electron chi connectivity index (χ4n) is 1.19. The molecule has 1 aromatic carbocycles. The van der Waals surface area contributed by atoms with Crippen molar-refractivity contribution in [1.82, 2.24) is 4.37 Å². The van der Waals surface area contributed by atoms with Crippen molar-refractivity contribution < 1.29 is 0 Å². The van der Waals surface area contributed by atoms with Crippen LogP contribution >= 0.6 is 27.5 Å². The molecular weight excluding hydrogens is 260 g/mol. The number of halogens is 1. The molecular formula is C10H9BrN2S. The number of aromatic nitrogens is 1. The van der Waals surface area contributed by atoms with Crippen LogP contribution in [0.3, 0.4) is 0 Å². The highest BCUT2D eigenvalue weighted by Gasteiger charge is 2.03. The first-order chi connectivity index (χ1) is 6.79. The lowest BCUT2D eigenvalue weighted by atomic mass is 10.1. The number of hydrogen-bond donors (Lipinski definition) is 1. The third-order valence-corrected chi connectivity index (χ3v) is 3.18. The van der Waals surface area contributed by atoms with Crippen molar-refractivity contribution in [3.63, 3.8) is 0 Å². The molecule has 4 heteroatoms. The van der Waals surface area contributed by atoms with Gasteiger partial charge in [-0.15, -0.1) is 0 Å². The smallest absolute Gasteiger partial charge is 0.0844 e. The van der Waals surface area contributed by atoms with Gasteiger partial charge in [0.1, 0.15) is 0 Å². The normalized spacial score (nSPS) is 10.4. The molecule has 72 valence electrons. The van der Waals surface area contributed by atoms with Crippen LogP contribution in [0.25, 0.3) is 11.3 Å². The molecule has 0 aliphatic heterocycles. The van der Waals surface area contributed by atoms with E-state index in [1.165, 1.54) is 11.5 Å². The summed E-state index contributed by atoms with van der Waals surface area (Å²) in [6.07, 6.45) is 0. The Morgan fingerprint density at radius 2 is 2.21 bits per heavy atom. The van der Waals surface area contributed by atoms with Crippen molar-refractivity contribution in [1.29, 1.82) is 0 Å². The number of hydrogen-bond acceptors (Lipinski definition) is 3. The van der Waals surface area contributed by atoms with E-state index in [0.717, 1.165) is 20.6 Å². The van der Waals surface area contributed by atoms with Crippen LogP contribution in [0.4, 0.5) is 0 Å². The molecule has 2 rings (SSSR count). The fourth-order valence-corrected chi connectivity index (χ4v) is 2.20. The molecule has 1 aromatic heterocycles. The maximum Gasteiger partial charge on any atom is 0.0844 e. The number of rotatable bonds is 2. The summed E-state index contributed by atoms with van der Waals surface area (Å²) in [5.41, 5.74) is 7.65. The van der Waals surface area contributed by atoms with Gasteiger partial charge in [0.2, 0.25) is 0 Å². The first-order valence-corrected chi connectivity index (χ1v) is 5.78. The SMILES string of the molecule is NCc1cc(-c2cccc(Br)c2)ns1. The summed E-state index contributed by atoms with van der Waals surface area (Å²) in [5, 5.41) is 0. The number of nitrogens with two attached hydrogens (primary N) is 1. The van der Waals surface area contributed by atoms with Crippen LogP contribution in [-0.4, -0.2) is 4.37 Å². The highest BCUT2D eigenvalue weighted by atomic mass is 79.9. The van der Waals surface area contributed by atoms with Gasteiger partial charge in [-0.1, -0.05) is 28.1 Å². The zero-order valence-electron chi connectivity index (χ0n) is 7.40. The zero-order valence-corrected chi connectivity index (χ0v) is 9.81. The lowest BCUT2D eigenvalue weighted by molar-refractivity contribution is 1.11. The maximum absolute atomic E-state index is 5.53. The largest absolute Gasteiger partial charge is 0.326 e. The van der Waals surface area contributed by atoms with E-state index in [-0.39, 0.29) is 0 Å². The highest BCUT2D eigenvalue weighted by molar-refractivity contribution is 9.10. The van der Waals surface area contributed by atoms with Gasteiger partial charge in [0.25, 0.3) is 0 Å². The Morgan fingerprint density at radius 1 is 1.36 bits per heavy atom. The zero-order chi connectivity index (χ0) is 9.97. The molecule has 14 heavy (non-hydrogen) atoms. The summed E-state index contributed by atoms with van der Waals surface area (Å²) in [6.45, 7) is 0.561. The predicted molar refractivity (Wildman–Crippen MR) is 63.1 cm³/mol. The third kappa shape index (κ3) is 2.03. The van der Waals surface area contributed by atoms with Crippen LogP contribution < -0.4 is 5.73 Å². The minimum absolute atomic E-state index is 0.561. The van der Waals surface area contributed by atoms with Crippen molar-refractivity contribution in [2.75, 3.05) is 0 Å². The van der Waals surface area contributed by atoms with Crippen LogP contribution in [0.15, 0.2) is 34.8 Å². The predicted octanol–water partition coefficient (Wildman–Crippen LogP) is 3.03. The van der Waals surface area contributed by atoms with Crippen LogP contribution in [0.5, 0.6) is 0 Å². The van der Waals surface area contributed by atoms with E-state index in [4.69, 9.17) is 5.73 Å². The van der Waals surface area contributed by atoms with E-state index in [1.807, 2.05) is 24.3 Å². The molecule has 2 aromatic rings. The summed E-state index contributed by atoms with van der Waals surface area (Å²) >= 11 is 4.89. The summed E-state index contributed by atoms with van der Waals surface area (Å²) < 4.78 is 5.41. The second kappa shape index (κ2) is 4.21. The average Bonchev–Trinajstić information content (AvgIpc) is 2.66. The molecule has 0 amide bonds. The number of nitrogens with zero attached hydrogens (tertiary/aromatic N) is 1. The standard InChI is InChI=1S/C10H9BrN2S/c11-8-3-1-2-7(4-8)10-5-9(6-12)14-13-10/h1-5H,6,12H2. The van der Waals surface area contributed by atoms with E-state index in [9.17, 15) is 0 Å². The molecule has 0 spiro atoms. The first-order valence-electron chi connectivity index (χ1n) is 4.21. The Labute approximate surface area is 95.1 Å². The second-order valence-corrected chi connectivity index (χ2v) is 4.70. The van der Waals surface area contributed by atoms with Crippen LogP contribution in [-0.2, 0) is 6.54 Å². The van der Waals surface area contributed by atoms with Gasteiger partial charge >= 0.3 is 0 Å². The van der Waals surface area contributed by atoms with E-state index in [0.29, 0.717) is 6.54 Å². The summed E-state index contributed by atoms with van der Waals surface area (Å²) in [7, 11) is 0. The first kappa shape index (κ1) is 9.83. The summed E-state index contributed by atoms with van der Waals surface area (Å²) in [4.78, 5) is 1.11. The average molecular weight is 269 g/mol. The molecule has 0 fully saturated rings. The van der Waals surface area contributed by atoms with Gasteiger partial charge in [0.15, 0.2) is 0 Å². The molecule has 1 heterocycles. The molecule has 0 bridgehead atoms. The van der Waals surface area contributed by atoms with Gasteiger partial charge in [0, 0.05) is 21.5 Å². The lowest BCUT2D eigenvalue weighted by Gasteiger charge is -1.95. The van der Waals surface area contributed by atoms with Crippen LogP contribution in [0.2, 0.25) is 0 Å². The Balaban J connectivity index is 2.39. The third-order valence-electron chi connectivity index (χ3n) is 1.88. The Kier molecular flexibility index (Phi) is 2.96. The molecule has 0 saturated heterocycles. The molecule has 0 atom stereocenters. The molecule has 0 aliphatic carbocycles. The molecule has 2 N–H and O–H groups in total. The van der Waals surface area contributed by atoms with E-state index in [2.05, 4.69) is 26.4 Å². The molecule has 0 unspecified atom stereocenters. The van der Waals surface area contributed by atoms with Crippen molar-refractivity contribution in [3.8, 4) is 11.3 Å². The van der Waals surface area contributed by atoms with E-state index in [1.54, 1.807) is 0 Å². The van der Waals surface area contributed by atoms with Gasteiger partial charge < -0.3 is 5.73 Å². The maximum atomic E-state index is 5.53. The van der Waals surface area contributed by atoms with Crippen molar-refractivity contribution in [2.24, 2.45) is 5.73 Å². The van der Waals surface area contributed by atoms with Gasteiger partial charge in [-0.05, 0) is 29.7 Å². The van der Waals surface area contributed by atoms with Gasteiger partial charge in [0.05, 0.1) is 5.69 Å². The number of benzene rings is 1. The summed E-state index contributed by atoms with van der Waals surface area (Å²) in [6, 6.07) is 10.1. The Hall–Kier alpha value is -0.710. The van der Waals surface area contributed by atoms with Gasteiger partial charge in [-0.25, -0.2) is 0 Å². The topological polar surface area (TPSA) is 38.9 Å². The van der Waals surface area contributed by atoms with Crippen molar-refractivity contribution >= 4 is 27.5 Å². The van der Waals surface area contributed by atoms with E-state index >= 15 is 0 Å². The Morgan fingerprint density at radius 3 is 2.86 bits per heavy atom. The molecule has 2 nitrogen and oxygen atoms in total. The molecule has 0 radical (unpaired) electrons. The highest BCUT2D eigenvalue weighted by Crippen LogP contribution is 2.24. The molecule has 0 saturated carbocycles. The van der Waals surface area contributed by atoms with Crippen molar-refractivity contribution in [3.05, 3.63) is 39.7 Å². The fraction of sp³-hybridized carbons (Fsp3) is 0.100. The quantitative estimate of drug-likeness (QED) is 0.910.